The molecule has 0 saturated carbocycles. The Bertz CT molecular complexity index is 312. The molecule has 1 atom stereocenters. The van der Waals surface area contributed by atoms with Crippen LogP contribution < -0.4 is 5.32 Å². The van der Waals surface area contributed by atoms with Gasteiger partial charge in [-0.2, -0.15) is 0 Å². The van der Waals surface area contributed by atoms with Gasteiger partial charge in [0, 0.05) is 5.56 Å². The summed E-state index contributed by atoms with van der Waals surface area (Å²) in [5, 5.41) is 2.25. The largest absolute Gasteiger partial charge is 0.771 e. The minimum absolute atomic E-state index is 0.353. The highest BCUT2D eigenvalue weighted by atomic mass is 32.2. The monoisotopic (exact) mass is 198 g/mol. The van der Waals surface area contributed by atoms with Gasteiger partial charge < -0.3 is 9.87 Å². The van der Waals surface area contributed by atoms with Crippen molar-refractivity contribution in [1.82, 2.24) is 5.32 Å². The molecule has 1 N–H and O–H groups in total. The first-order chi connectivity index (χ1) is 6.20. The van der Waals surface area contributed by atoms with E-state index in [0.717, 1.165) is 0 Å². The fourth-order valence-electron chi connectivity index (χ4n) is 0.816. The zero-order chi connectivity index (χ0) is 9.68. The van der Waals surface area contributed by atoms with Gasteiger partial charge in [0.05, 0.1) is 5.88 Å². The molecule has 0 radical (unpaired) electrons. The van der Waals surface area contributed by atoms with Crippen LogP contribution in [0.4, 0.5) is 0 Å². The molecule has 0 aliphatic carbocycles. The molecule has 1 aromatic rings. The Morgan fingerprint density at radius 1 is 1.38 bits per heavy atom. The Kier molecular flexibility index (Phi) is 3.60. The van der Waals surface area contributed by atoms with Crippen molar-refractivity contribution >= 4 is 17.0 Å². The normalized spacial score (nSPS) is 12.1. The number of amides is 1. The van der Waals surface area contributed by atoms with Crippen molar-refractivity contribution in [3.8, 4) is 0 Å². The van der Waals surface area contributed by atoms with Crippen LogP contribution in [0.15, 0.2) is 30.3 Å². The lowest BCUT2D eigenvalue weighted by atomic mass is 10.2. The second kappa shape index (κ2) is 4.74. The lowest BCUT2D eigenvalue weighted by Crippen LogP contribution is -2.26. The summed E-state index contributed by atoms with van der Waals surface area (Å²) >= 11 is -2.24. The fourth-order valence-corrected chi connectivity index (χ4v) is 1.07. The van der Waals surface area contributed by atoms with Crippen LogP contribution in [0.25, 0.3) is 0 Å². The molecule has 1 amide bonds. The second-order valence-electron chi connectivity index (χ2n) is 2.32. The van der Waals surface area contributed by atoms with Gasteiger partial charge >= 0.3 is 0 Å². The van der Waals surface area contributed by atoms with E-state index in [2.05, 4.69) is 5.32 Å². The lowest BCUT2D eigenvalue weighted by molar-refractivity contribution is 0.0959. The van der Waals surface area contributed by atoms with E-state index in [-0.39, 0.29) is 11.8 Å². The van der Waals surface area contributed by atoms with E-state index >= 15 is 0 Å². The van der Waals surface area contributed by atoms with Crippen molar-refractivity contribution in [3.05, 3.63) is 35.9 Å². The summed E-state index contributed by atoms with van der Waals surface area (Å²) in [6.45, 7) is 0. The number of carbonyl (C=O) groups is 1. The van der Waals surface area contributed by atoms with Gasteiger partial charge in [-0.3, -0.25) is 9.00 Å². The Morgan fingerprint density at radius 2 is 2.00 bits per heavy atom. The Balaban J connectivity index is 2.54. The smallest absolute Gasteiger partial charge is 0.251 e. The van der Waals surface area contributed by atoms with Crippen LogP contribution in [0.5, 0.6) is 0 Å². The predicted molar refractivity (Wildman–Crippen MR) is 47.7 cm³/mol. The van der Waals surface area contributed by atoms with Crippen LogP contribution >= 0.6 is 0 Å². The first kappa shape index (κ1) is 9.88. The van der Waals surface area contributed by atoms with Crippen LogP contribution in [0, 0.1) is 0 Å². The third-order valence-corrected chi connectivity index (χ3v) is 1.77. The summed E-state index contributed by atoms with van der Waals surface area (Å²) in [4.78, 5) is 11.2. The topological polar surface area (TPSA) is 69.2 Å². The van der Waals surface area contributed by atoms with E-state index < -0.39 is 11.1 Å². The molecule has 1 rings (SSSR count). The van der Waals surface area contributed by atoms with Crippen LogP contribution in [0.2, 0.25) is 0 Å². The summed E-state index contributed by atoms with van der Waals surface area (Å²) in [6.07, 6.45) is 0. The highest BCUT2D eigenvalue weighted by Crippen LogP contribution is 1.97. The molecule has 0 bridgehead atoms. The molecule has 0 aromatic heterocycles. The quantitative estimate of drug-likeness (QED) is 0.708. The molecule has 4 nitrogen and oxygen atoms in total. The van der Waals surface area contributed by atoms with Crippen LogP contribution in [-0.2, 0) is 11.1 Å². The van der Waals surface area contributed by atoms with Crippen molar-refractivity contribution < 1.29 is 13.6 Å². The van der Waals surface area contributed by atoms with E-state index in [0.29, 0.717) is 5.56 Å². The van der Waals surface area contributed by atoms with Crippen LogP contribution in [0.1, 0.15) is 10.4 Å². The first-order valence-electron chi connectivity index (χ1n) is 3.59. The van der Waals surface area contributed by atoms with Gasteiger partial charge in [-0.1, -0.05) is 18.2 Å². The second-order valence-corrected chi connectivity index (χ2v) is 3.22. The summed E-state index contributed by atoms with van der Waals surface area (Å²) in [5.74, 6) is -0.738. The first-order valence-corrected chi connectivity index (χ1v) is 4.83. The molecule has 5 heteroatoms. The average molecular weight is 198 g/mol. The maximum Gasteiger partial charge on any atom is 0.251 e. The molecule has 0 fully saturated rings. The molecule has 70 valence electrons. The van der Waals surface area contributed by atoms with Crippen molar-refractivity contribution in [3.63, 3.8) is 0 Å². The minimum Gasteiger partial charge on any atom is -0.771 e. The van der Waals surface area contributed by atoms with Gasteiger partial charge in [-0.25, -0.2) is 0 Å². The maximum atomic E-state index is 11.2. The van der Waals surface area contributed by atoms with Gasteiger partial charge in [0.2, 0.25) is 0 Å². The average Bonchev–Trinajstić information content (AvgIpc) is 2.15. The molecule has 0 saturated heterocycles. The Morgan fingerprint density at radius 3 is 2.54 bits per heavy atom. The molecule has 0 spiro atoms. The third kappa shape index (κ3) is 3.35. The summed E-state index contributed by atoms with van der Waals surface area (Å²) in [5.41, 5.74) is 0.452. The lowest BCUT2D eigenvalue weighted by Gasteiger charge is -2.06. The molecule has 0 heterocycles. The molecule has 0 aliphatic heterocycles. The zero-order valence-electron chi connectivity index (χ0n) is 6.73. The molecule has 13 heavy (non-hydrogen) atoms. The number of benzene rings is 1. The van der Waals surface area contributed by atoms with Gasteiger partial charge in [0.15, 0.2) is 0 Å². The Hall–Kier alpha value is -1.20. The Labute approximate surface area is 78.3 Å². The van der Waals surface area contributed by atoms with E-state index in [4.69, 9.17) is 0 Å². The van der Waals surface area contributed by atoms with Gasteiger partial charge in [0.25, 0.3) is 5.91 Å². The molecular formula is C8H8NO3S-. The summed E-state index contributed by atoms with van der Waals surface area (Å²) in [7, 11) is 0. The van der Waals surface area contributed by atoms with E-state index in [9.17, 15) is 13.6 Å². The highest BCUT2D eigenvalue weighted by molar-refractivity contribution is 7.79. The SMILES string of the molecule is O=C(NCS(=O)[O-])c1ccccc1. The summed E-state index contributed by atoms with van der Waals surface area (Å²) in [6, 6.07) is 8.43. The summed E-state index contributed by atoms with van der Waals surface area (Å²) < 4.78 is 20.2. The van der Waals surface area contributed by atoms with Gasteiger partial charge in [-0.05, 0) is 23.2 Å². The van der Waals surface area contributed by atoms with Gasteiger partial charge in [-0.15, -0.1) is 0 Å². The molecular weight excluding hydrogens is 190 g/mol. The number of nitrogens with one attached hydrogen (secondary N) is 1. The van der Waals surface area contributed by atoms with Crippen molar-refractivity contribution in [2.24, 2.45) is 0 Å². The van der Waals surface area contributed by atoms with Crippen molar-refractivity contribution in [2.45, 2.75) is 0 Å². The van der Waals surface area contributed by atoms with Crippen LogP contribution in [-0.4, -0.2) is 20.5 Å². The molecule has 1 aromatic carbocycles. The maximum absolute atomic E-state index is 11.2. The minimum atomic E-state index is -2.24. The highest BCUT2D eigenvalue weighted by Gasteiger charge is 2.01. The number of rotatable bonds is 3. The standard InChI is InChI=1S/C8H9NO3S/c10-8(9-6-13(11)12)7-4-2-1-3-5-7/h1-5H,6H2,(H,9,10)(H,11,12)/p-1. The zero-order valence-corrected chi connectivity index (χ0v) is 7.54. The van der Waals surface area contributed by atoms with Crippen molar-refractivity contribution in [2.75, 3.05) is 5.88 Å². The van der Waals surface area contributed by atoms with Crippen molar-refractivity contribution in [1.29, 1.82) is 0 Å². The van der Waals surface area contributed by atoms with Crippen LogP contribution in [0.3, 0.4) is 0 Å². The van der Waals surface area contributed by atoms with Gasteiger partial charge in [0.1, 0.15) is 0 Å². The number of hydrogen-bond acceptors (Lipinski definition) is 3. The number of carbonyl (C=O) groups excluding carboxylic acids is 1. The van der Waals surface area contributed by atoms with E-state index in [1.165, 1.54) is 0 Å². The number of hydrogen-bond donors (Lipinski definition) is 1. The molecule has 1 unspecified atom stereocenters. The molecule has 0 aliphatic rings. The van der Waals surface area contributed by atoms with E-state index in [1.807, 2.05) is 0 Å². The fraction of sp³-hybridized carbons (Fsp3) is 0.125. The predicted octanol–water partition coefficient (Wildman–Crippen LogP) is 0.253. The van der Waals surface area contributed by atoms with E-state index in [1.54, 1.807) is 30.3 Å². The third-order valence-electron chi connectivity index (χ3n) is 1.39.